The van der Waals surface area contributed by atoms with Gasteiger partial charge in [0.1, 0.15) is 0 Å². The van der Waals surface area contributed by atoms with Crippen LogP contribution in [0.25, 0.3) is 0 Å². The first-order chi connectivity index (χ1) is 7.20. The molecule has 0 aliphatic heterocycles. The normalized spacial score (nSPS) is 17.4. The Kier molecular flexibility index (Phi) is 5.44. The van der Waals surface area contributed by atoms with Gasteiger partial charge in [0.05, 0.1) is 6.61 Å². The van der Waals surface area contributed by atoms with Crippen molar-refractivity contribution in [2.45, 2.75) is 51.9 Å². The van der Waals surface area contributed by atoms with E-state index in [2.05, 4.69) is 6.58 Å². The lowest BCUT2D eigenvalue weighted by atomic mass is 9.86. The number of carbonyl (C=O) groups excluding carboxylic acids is 1. The number of hydrogen-bond donors (Lipinski definition) is 0. The molecule has 1 fully saturated rings. The molecule has 0 unspecified atom stereocenters. The first-order valence-corrected chi connectivity index (χ1v) is 6.03. The summed E-state index contributed by atoms with van der Waals surface area (Å²) in [4.78, 5) is 11.1. The van der Waals surface area contributed by atoms with Crippen LogP contribution < -0.4 is 0 Å². The third-order valence-electron chi connectivity index (χ3n) is 3.06. The van der Waals surface area contributed by atoms with Gasteiger partial charge in [0.25, 0.3) is 0 Å². The molecule has 2 nitrogen and oxygen atoms in total. The minimum atomic E-state index is -0.251. The lowest BCUT2D eigenvalue weighted by Gasteiger charge is -2.21. The van der Waals surface area contributed by atoms with Gasteiger partial charge in [-0.2, -0.15) is 0 Å². The zero-order chi connectivity index (χ0) is 11.1. The molecule has 0 spiro atoms. The van der Waals surface area contributed by atoms with Gasteiger partial charge in [-0.15, -0.1) is 0 Å². The lowest BCUT2D eigenvalue weighted by molar-refractivity contribution is -0.139. The third-order valence-corrected chi connectivity index (χ3v) is 3.06. The molecule has 0 saturated heterocycles. The Morgan fingerprint density at radius 3 is 2.60 bits per heavy atom. The summed E-state index contributed by atoms with van der Waals surface area (Å²) < 4.78 is 5.06. The van der Waals surface area contributed by atoms with E-state index >= 15 is 0 Å². The Morgan fingerprint density at radius 2 is 2.00 bits per heavy atom. The second kappa shape index (κ2) is 6.65. The predicted octanol–water partition coefficient (Wildman–Crippen LogP) is 3.47. The summed E-state index contributed by atoms with van der Waals surface area (Å²) >= 11 is 0. The molecule has 15 heavy (non-hydrogen) atoms. The monoisotopic (exact) mass is 210 g/mol. The van der Waals surface area contributed by atoms with Gasteiger partial charge in [0.15, 0.2) is 0 Å². The van der Waals surface area contributed by atoms with Crippen LogP contribution in [-0.2, 0) is 9.53 Å². The first kappa shape index (κ1) is 12.3. The van der Waals surface area contributed by atoms with E-state index in [0.29, 0.717) is 12.2 Å². The second-order valence-electron chi connectivity index (χ2n) is 4.56. The van der Waals surface area contributed by atoms with Crippen LogP contribution >= 0.6 is 0 Å². The van der Waals surface area contributed by atoms with Crippen LogP contribution in [0.15, 0.2) is 12.2 Å². The number of rotatable bonds is 5. The molecule has 1 saturated carbocycles. The topological polar surface area (TPSA) is 26.3 Å². The molecule has 1 rings (SSSR count). The largest absolute Gasteiger partial charge is 0.462 e. The quantitative estimate of drug-likeness (QED) is 0.394. The van der Waals surface area contributed by atoms with Crippen molar-refractivity contribution < 1.29 is 9.53 Å². The molecule has 0 atom stereocenters. The smallest absolute Gasteiger partial charge is 0.333 e. The van der Waals surface area contributed by atoms with Crippen molar-refractivity contribution in [1.29, 1.82) is 0 Å². The summed E-state index contributed by atoms with van der Waals surface area (Å²) in [7, 11) is 0. The van der Waals surface area contributed by atoms with Crippen molar-refractivity contribution in [3.8, 4) is 0 Å². The highest BCUT2D eigenvalue weighted by molar-refractivity contribution is 5.86. The Labute approximate surface area is 92.7 Å². The Hall–Kier alpha value is -0.790. The zero-order valence-electron chi connectivity index (χ0n) is 9.76. The molecule has 86 valence electrons. The second-order valence-corrected chi connectivity index (χ2v) is 4.56. The average Bonchev–Trinajstić information content (AvgIpc) is 2.25. The van der Waals surface area contributed by atoms with Crippen LogP contribution in [0.3, 0.4) is 0 Å². The maximum Gasteiger partial charge on any atom is 0.333 e. The van der Waals surface area contributed by atoms with Gasteiger partial charge in [-0.25, -0.2) is 4.79 Å². The Balaban J connectivity index is 2.01. The molecule has 2 heteroatoms. The fourth-order valence-corrected chi connectivity index (χ4v) is 2.14. The lowest BCUT2D eigenvalue weighted by Crippen LogP contribution is -2.10. The van der Waals surface area contributed by atoms with E-state index in [1.54, 1.807) is 6.92 Å². The number of esters is 1. The van der Waals surface area contributed by atoms with Crippen LogP contribution in [0.2, 0.25) is 0 Å². The molecule has 0 aromatic carbocycles. The van der Waals surface area contributed by atoms with E-state index in [1.807, 2.05) is 0 Å². The maximum absolute atomic E-state index is 11.1. The maximum atomic E-state index is 11.1. The van der Waals surface area contributed by atoms with E-state index in [4.69, 9.17) is 4.74 Å². The minimum Gasteiger partial charge on any atom is -0.462 e. The molecular weight excluding hydrogens is 188 g/mol. The Bertz CT molecular complexity index is 215. The summed E-state index contributed by atoms with van der Waals surface area (Å²) in [5, 5.41) is 0. The Morgan fingerprint density at radius 1 is 1.33 bits per heavy atom. The molecule has 0 heterocycles. The highest BCUT2D eigenvalue weighted by atomic mass is 16.5. The van der Waals surface area contributed by atoms with Crippen molar-refractivity contribution in [3.63, 3.8) is 0 Å². The summed E-state index contributed by atoms with van der Waals surface area (Å²) in [6.45, 7) is 5.79. The van der Waals surface area contributed by atoms with Crippen LogP contribution in [0.4, 0.5) is 0 Å². The van der Waals surface area contributed by atoms with Gasteiger partial charge in [0.2, 0.25) is 0 Å². The van der Waals surface area contributed by atoms with Crippen LogP contribution in [0.1, 0.15) is 51.9 Å². The highest BCUT2D eigenvalue weighted by Crippen LogP contribution is 2.27. The SMILES string of the molecule is C=C(C)C(=O)OCCCC1CCCCC1. The highest BCUT2D eigenvalue weighted by Gasteiger charge is 2.13. The van der Waals surface area contributed by atoms with Gasteiger partial charge < -0.3 is 4.74 Å². The predicted molar refractivity (Wildman–Crippen MR) is 61.6 cm³/mol. The van der Waals surface area contributed by atoms with Gasteiger partial charge in [-0.3, -0.25) is 0 Å². The van der Waals surface area contributed by atoms with Crippen LogP contribution in [0.5, 0.6) is 0 Å². The van der Waals surface area contributed by atoms with E-state index in [-0.39, 0.29) is 5.97 Å². The molecule has 0 amide bonds. The van der Waals surface area contributed by atoms with E-state index in [9.17, 15) is 4.79 Å². The summed E-state index contributed by atoms with van der Waals surface area (Å²) in [5.74, 6) is 0.626. The summed E-state index contributed by atoms with van der Waals surface area (Å²) in [6.07, 6.45) is 9.13. The minimum absolute atomic E-state index is 0.251. The van der Waals surface area contributed by atoms with Crippen molar-refractivity contribution in [2.75, 3.05) is 6.61 Å². The molecule has 1 aliphatic carbocycles. The average molecular weight is 210 g/mol. The standard InChI is InChI=1S/C13H22O2/c1-11(2)13(14)15-10-6-9-12-7-4-3-5-8-12/h12H,1,3-10H2,2H3. The zero-order valence-corrected chi connectivity index (χ0v) is 9.76. The summed E-state index contributed by atoms with van der Waals surface area (Å²) in [5.41, 5.74) is 0.493. The number of carbonyl (C=O) groups is 1. The van der Waals surface area contributed by atoms with Gasteiger partial charge in [-0.1, -0.05) is 38.7 Å². The van der Waals surface area contributed by atoms with Gasteiger partial charge >= 0.3 is 5.97 Å². The number of hydrogen-bond acceptors (Lipinski definition) is 2. The van der Waals surface area contributed by atoms with Crippen molar-refractivity contribution in [3.05, 3.63) is 12.2 Å². The van der Waals surface area contributed by atoms with Crippen molar-refractivity contribution in [1.82, 2.24) is 0 Å². The van der Waals surface area contributed by atoms with E-state index in [0.717, 1.165) is 12.3 Å². The van der Waals surface area contributed by atoms with Crippen molar-refractivity contribution >= 4 is 5.97 Å². The number of ether oxygens (including phenoxy) is 1. The van der Waals surface area contributed by atoms with E-state index < -0.39 is 0 Å². The fraction of sp³-hybridized carbons (Fsp3) is 0.769. The van der Waals surface area contributed by atoms with E-state index in [1.165, 1.54) is 38.5 Å². The van der Waals surface area contributed by atoms with Gasteiger partial charge in [-0.05, 0) is 25.7 Å². The van der Waals surface area contributed by atoms with Crippen molar-refractivity contribution in [2.24, 2.45) is 5.92 Å². The first-order valence-electron chi connectivity index (χ1n) is 6.03. The molecule has 1 aliphatic rings. The molecule has 0 N–H and O–H groups in total. The third kappa shape index (κ3) is 5.01. The molecule has 0 radical (unpaired) electrons. The van der Waals surface area contributed by atoms with Crippen LogP contribution in [-0.4, -0.2) is 12.6 Å². The summed E-state index contributed by atoms with van der Waals surface area (Å²) in [6, 6.07) is 0. The molecule has 0 bridgehead atoms. The fourth-order valence-electron chi connectivity index (χ4n) is 2.14. The van der Waals surface area contributed by atoms with Gasteiger partial charge in [0, 0.05) is 5.57 Å². The molecule has 0 aromatic rings. The van der Waals surface area contributed by atoms with Crippen LogP contribution in [0, 0.1) is 5.92 Å². The molecular formula is C13H22O2. The molecule has 0 aromatic heterocycles.